The fourth-order valence-electron chi connectivity index (χ4n) is 3.50. The maximum Gasteiger partial charge on any atom is 0.162 e. The lowest BCUT2D eigenvalue weighted by Gasteiger charge is -2.19. The predicted octanol–water partition coefficient (Wildman–Crippen LogP) is 3.90. The molecular formula is C21H24N2O3. The average molecular weight is 352 g/mol. The lowest BCUT2D eigenvalue weighted by atomic mass is 10.00. The van der Waals surface area contributed by atoms with Crippen molar-refractivity contribution >= 4 is 10.9 Å². The van der Waals surface area contributed by atoms with Crippen molar-refractivity contribution in [3.05, 3.63) is 42.0 Å². The van der Waals surface area contributed by atoms with Gasteiger partial charge in [-0.3, -0.25) is 0 Å². The summed E-state index contributed by atoms with van der Waals surface area (Å²) in [4.78, 5) is 3.58. The summed E-state index contributed by atoms with van der Waals surface area (Å²) in [5.74, 6) is 2.48. The molecule has 1 aliphatic heterocycles. The zero-order chi connectivity index (χ0) is 17.9. The van der Waals surface area contributed by atoms with E-state index in [1.807, 2.05) is 12.1 Å². The van der Waals surface area contributed by atoms with E-state index in [0.717, 1.165) is 53.3 Å². The highest BCUT2D eigenvalue weighted by atomic mass is 16.6. The molecule has 5 nitrogen and oxygen atoms in total. The maximum atomic E-state index is 5.76. The molecule has 0 radical (unpaired) electrons. The Kier molecular flexibility index (Phi) is 4.71. The number of nitrogens with one attached hydrogen (secondary N) is 1. The van der Waals surface area contributed by atoms with Gasteiger partial charge in [0.15, 0.2) is 11.5 Å². The second kappa shape index (κ2) is 7.30. The van der Waals surface area contributed by atoms with Crippen molar-refractivity contribution in [3.63, 3.8) is 0 Å². The third-order valence-electron chi connectivity index (χ3n) is 4.83. The standard InChI is InChI=1S/C21H24N2O3/c1-24-15-6-7-18-17(13-15)16(4-2-3-9-22)21(23-18)14-5-8-19-20(12-14)26-11-10-25-19/h5-8,12-13,23H,2-4,9-11,22H2,1H3. The quantitative estimate of drug-likeness (QED) is 0.660. The summed E-state index contributed by atoms with van der Waals surface area (Å²) in [6.45, 7) is 1.90. The van der Waals surface area contributed by atoms with E-state index in [1.165, 1.54) is 10.9 Å². The summed E-state index contributed by atoms with van der Waals surface area (Å²) in [5.41, 5.74) is 10.3. The number of rotatable bonds is 6. The number of methoxy groups -OCH3 is 1. The Balaban J connectivity index is 1.81. The van der Waals surface area contributed by atoms with Gasteiger partial charge in [-0.25, -0.2) is 0 Å². The molecule has 3 aromatic rings. The minimum atomic E-state index is 0.587. The summed E-state index contributed by atoms with van der Waals surface area (Å²) in [5, 5.41) is 1.20. The van der Waals surface area contributed by atoms with Crippen LogP contribution in [0.25, 0.3) is 22.2 Å². The molecule has 1 aliphatic rings. The van der Waals surface area contributed by atoms with Crippen molar-refractivity contribution in [2.45, 2.75) is 19.3 Å². The van der Waals surface area contributed by atoms with Gasteiger partial charge in [0.05, 0.1) is 7.11 Å². The van der Waals surface area contributed by atoms with Crippen molar-refractivity contribution in [2.24, 2.45) is 5.73 Å². The normalized spacial score (nSPS) is 13.2. The van der Waals surface area contributed by atoms with E-state index in [-0.39, 0.29) is 0 Å². The molecule has 0 aliphatic carbocycles. The first-order valence-corrected chi connectivity index (χ1v) is 9.09. The van der Waals surface area contributed by atoms with Crippen molar-refractivity contribution in [2.75, 3.05) is 26.9 Å². The number of benzene rings is 2. The van der Waals surface area contributed by atoms with Crippen LogP contribution in [0.1, 0.15) is 18.4 Å². The minimum Gasteiger partial charge on any atom is -0.497 e. The number of aromatic amines is 1. The molecule has 0 fully saturated rings. The van der Waals surface area contributed by atoms with Crippen LogP contribution in [0.4, 0.5) is 0 Å². The van der Waals surface area contributed by atoms with Crippen molar-refractivity contribution in [3.8, 4) is 28.5 Å². The summed E-state index contributed by atoms with van der Waals surface area (Å²) >= 11 is 0. The van der Waals surface area contributed by atoms with Crippen LogP contribution in [-0.4, -0.2) is 31.9 Å². The van der Waals surface area contributed by atoms with Gasteiger partial charge in [-0.15, -0.1) is 0 Å². The number of hydrogen-bond acceptors (Lipinski definition) is 4. The van der Waals surface area contributed by atoms with Crippen LogP contribution in [0.3, 0.4) is 0 Å². The van der Waals surface area contributed by atoms with Gasteiger partial charge in [0.2, 0.25) is 0 Å². The van der Waals surface area contributed by atoms with Gasteiger partial charge in [0, 0.05) is 22.2 Å². The molecular weight excluding hydrogens is 328 g/mol. The molecule has 0 saturated heterocycles. The van der Waals surface area contributed by atoms with E-state index in [9.17, 15) is 0 Å². The van der Waals surface area contributed by atoms with Gasteiger partial charge in [-0.05, 0) is 67.8 Å². The molecule has 2 aromatic carbocycles. The number of H-pyrrole nitrogens is 1. The first kappa shape index (κ1) is 16.8. The van der Waals surface area contributed by atoms with Crippen molar-refractivity contribution in [1.82, 2.24) is 4.98 Å². The molecule has 0 saturated carbocycles. The molecule has 26 heavy (non-hydrogen) atoms. The van der Waals surface area contributed by atoms with Gasteiger partial charge in [-0.1, -0.05) is 0 Å². The molecule has 3 N–H and O–H groups in total. The van der Waals surface area contributed by atoms with E-state index < -0.39 is 0 Å². The van der Waals surface area contributed by atoms with E-state index in [0.29, 0.717) is 19.8 Å². The second-order valence-electron chi connectivity index (χ2n) is 6.49. The van der Waals surface area contributed by atoms with Crippen LogP contribution in [0, 0.1) is 0 Å². The number of nitrogens with two attached hydrogens (primary N) is 1. The average Bonchev–Trinajstić information content (AvgIpc) is 3.05. The zero-order valence-electron chi connectivity index (χ0n) is 15.0. The molecule has 0 amide bonds. The van der Waals surface area contributed by atoms with Crippen LogP contribution < -0.4 is 19.9 Å². The van der Waals surface area contributed by atoms with Gasteiger partial charge in [-0.2, -0.15) is 0 Å². The van der Waals surface area contributed by atoms with E-state index in [2.05, 4.69) is 29.2 Å². The Morgan fingerprint density at radius 3 is 2.69 bits per heavy atom. The number of aryl methyl sites for hydroxylation is 1. The summed E-state index contributed by atoms with van der Waals surface area (Å²) < 4.78 is 16.8. The Hall–Kier alpha value is -2.66. The monoisotopic (exact) mass is 352 g/mol. The van der Waals surface area contributed by atoms with Crippen LogP contribution in [0.5, 0.6) is 17.2 Å². The van der Waals surface area contributed by atoms with Gasteiger partial charge >= 0.3 is 0 Å². The topological polar surface area (TPSA) is 69.5 Å². The second-order valence-corrected chi connectivity index (χ2v) is 6.49. The molecule has 0 atom stereocenters. The number of aromatic nitrogens is 1. The molecule has 136 valence electrons. The molecule has 0 unspecified atom stereocenters. The summed E-state index contributed by atoms with van der Waals surface area (Å²) in [6.07, 6.45) is 3.03. The lowest BCUT2D eigenvalue weighted by molar-refractivity contribution is 0.171. The van der Waals surface area contributed by atoms with Crippen LogP contribution in [0.15, 0.2) is 36.4 Å². The number of fused-ring (bicyclic) bond motifs is 2. The molecule has 0 spiro atoms. The molecule has 0 bridgehead atoms. The Bertz CT molecular complexity index is 917. The smallest absolute Gasteiger partial charge is 0.162 e. The van der Waals surface area contributed by atoms with Gasteiger partial charge < -0.3 is 24.9 Å². The van der Waals surface area contributed by atoms with Crippen LogP contribution in [-0.2, 0) is 6.42 Å². The van der Waals surface area contributed by atoms with E-state index in [4.69, 9.17) is 19.9 Å². The predicted molar refractivity (Wildman–Crippen MR) is 103 cm³/mol. The Labute approximate surface area is 153 Å². The zero-order valence-corrected chi connectivity index (χ0v) is 15.0. The lowest BCUT2D eigenvalue weighted by Crippen LogP contribution is -2.15. The number of unbranched alkanes of at least 4 members (excludes halogenated alkanes) is 1. The fraction of sp³-hybridized carbons (Fsp3) is 0.333. The highest BCUT2D eigenvalue weighted by Gasteiger charge is 2.17. The summed E-state index contributed by atoms with van der Waals surface area (Å²) in [7, 11) is 1.70. The third-order valence-corrected chi connectivity index (χ3v) is 4.83. The fourth-order valence-corrected chi connectivity index (χ4v) is 3.50. The number of ether oxygens (including phenoxy) is 3. The maximum absolute atomic E-state index is 5.76. The highest BCUT2D eigenvalue weighted by molar-refractivity contribution is 5.92. The highest BCUT2D eigenvalue weighted by Crippen LogP contribution is 2.38. The van der Waals surface area contributed by atoms with Crippen LogP contribution >= 0.6 is 0 Å². The van der Waals surface area contributed by atoms with E-state index >= 15 is 0 Å². The molecule has 4 rings (SSSR count). The molecule has 1 aromatic heterocycles. The number of hydrogen-bond donors (Lipinski definition) is 2. The summed E-state index contributed by atoms with van der Waals surface area (Å²) in [6, 6.07) is 12.3. The first-order chi connectivity index (χ1) is 12.8. The largest absolute Gasteiger partial charge is 0.497 e. The Morgan fingerprint density at radius 1 is 1.04 bits per heavy atom. The minimum absolute atomic E-state index is 0.587. The van der Waals surface area contributed by atoms with Gasteiger partial charge in [0.1, 0.15) is 19.0 Å². The molecule has 2 heterocycles. The van der Waals surface area contributed by atoms with Crippen molar-refractivity contribution < 1.29 is 14.2 Å². The first-order valence-electron chi connectivity index (χ1n) is 9.09. The Morgan fingerprint density at radius 2 is 1.88 bits per heavy atom. The van der Waals surface area contributed by atoms with Crippen LogP contribution in [0.2, 0.25) is 0 Å². The SMILES string of the molecule is COc1ccc2[nH]c(-c3ccc4c(c3)OCCO4)c(CCCCN)c2c1. The third kappa shape index (κ3) is 3.10. The van der Waals surface area contributed by atoms with Gasteiger partial charge in [0.25, 0.3) is 0 Å². The van der Waals surface area contributed by atoms with Crippen molar-refractivity contribution in [1.29, 1.82) is 0 Å². The molecule has 5 heteroatoms. The van der Waals surface area contributed by atoms with E-state index in [1.54, 1.807) is 7.11 Å².